The predicted molar refractivity (Wildman–Crippen MR) is 78.7 cm³/mol. The maximum Gasteiger partial charge on any atom is 0.126 e. The van der Waals surface area contributed by atoms with Crippen molar-refractivity contribution >= 4 is 11.6 Å². The Kier molecular flexibility index (Phi) is 4.91. The predicted octanol–water partition coefficient (Wildman–Crippen LogP) is 4.25. The van der Waals surface area contributed by atoms with Crippen LogP contribution < -0.4 is 4.74 Å². The van der Waals surface area contributed by atoms with Crippen molar-refractivity contribution in [3.8, 4) is 11.8 Å². The van der Waals surface area contributed by atoms with E-state index in [4.69, 9.17) is 16.3 Å². The van der Waals surface area contributed by atoms with Crippen molar-refractivity contribution in [2.45, 2.75) is 44.6 Å². The molecule has 0 saturated heterocycles. The maximum absolute atomic E-state index is 10.8. The number of hydrogen-bond acceptors (Lipinski definition) is 3. The summed E-state index contributed by atoms with van der Waals surface area (Å²) in [5.74, 6) is 0.545. The molecule has 0 amide bonds. The van der Waals surface area contributed by atoms with E-state index in [1.165, 1.54) is 0 Å². The van der Waals surface area contributed by atoms with Gasteiger partial charge < -0.3 is 9.84 Å². The second kappa shape index (κ2) is 6.47. The number of ether oxygens (including phenoxy) is 1. The SMILES string of the molecule is COc1cccc(Cl)c1C(O)C1(C#N)CCCCCC1. The smallest absolute Gasteiger partial charge is 0.126 e. The topological polar surface area (TPSA) is 53.2 Å². The second-order valence-electron chi connectivity index (χ2n) is 5.44. The third-order valence-corrected chi connectivity index (χ3v) is 4.58. The van der Waals surface area contributed by atoms with E-state index >= 15 is 0 Å². The Morgan fingerprint density at radius 1 is 1.30 bits per heavy atom. The minimum absolute atomic E-state index is 0.454. The molecule has 1 aromatic rings. The summed E-state index contributed by atoms with van der Waals surface area (Å²) in [5, 5.41) is 20.9. The largest absolute Gasteiger partial charge is 0.496 e. The summed E-state index contributed by atoms with van der Waals surface area (Å²) in [6.07, 6.45) is 4.69. The lowest BCUT2D eigenvalue weighted by Gasteiger charge is -2.32. The zero-order chi connectivity index (χ0) is 14.6. The molecule has 108 valence electrons. The van der Waals surface area contributed by atoms with Crippen LogP contribution in [0, 0.1) is 16.7 Å². The first-order chi connectivity index (χ1) is 9.64. The molecule has 0 aromatic heterocycles. The molecule has 3 nitrogen and oxygen atoms in total. The van der Waals surface area contributed by atoms with E-state index in [-0.39, 0.29) is 0 Å². The highest BCUT2D eigenvalue weighted by molar-refractivity contribution is 6.31. The van der Waals surface area contributed by atoms with Gasteiger partial charge in [-0.15, -0.1) is 0 Å². The van der Waals surface area contributed by atoms with Gasteiger partial charge in [0.05, 0.1) is 23.6 Å². The molecule has 20 heavy (non-hydrogen) atoms. The summed E-state index contributed by atoms with van der Waals surface area (Å²) >= 11 is 6.23. The summed E-state index contributed by atoms with van der Waals surface area (Å²) in [7, 11) is 1.55. The number of hydrogen-bond donors (Lipinski definition) is 1. The molecule has 0 bridgehead atoms. The highest BCUT2D eigenvalue weighted by atomic mass is 35.5. The van der Waals surface area contributed by atoms with Crippen molar-refractivity contribution in [2.75, 3.05) is 7.11 Å². The van der Waals surface area contributed by atoms with Crippen LogP contribution in [0.5, 0.6) is 5.75 Å². The number of aliphatic hydroxyl groups excluding tert-OH is 1. The van der Waals surface area contributed by atoms with Gasteiger partial charge in [0, 0.05) is 5.56 Å². The highest BCUT2D eigenvalue weighted by Gasteiger charge is 2.41. The van der Waals surface area contributed by atoms with Crippen molar-refractivity contribution in [1.29, 1.82) is 5.26 Å². The summed E-state index contributed by atoms with van der Waals surface area (Å²) in [6, 6.07) is 7.65. The van der Waals surface area contributed by atoms with Gasteiger partial charge in [-0.05, 0) is 25.0 Å². The van der Waals surface area contributed by atoms with Crippen molar-refractivity contribution in [1.82, 2.24) is 0 Å². The Balaban J connectivity index is 2.43. The summed E-state index contributed by atoms with van der Waals surface area (Å²) in [6.45, 7) is 0. The molecule has 2 rings (SSSR count). The average molecular weight is 294 g/mol. The van der Waals surface area contributed by atoms with Crippen LogP contribution in [0.15, 0.2) is 18.2 Å². The van der Waals surface area contributed by atoms with E-state index < -0.39 is 11.5 Å². The van der Waals surface area contributed by atoms with Crippen molar-refractivity contribution in [3.63, 3.8) is 0 Å². The Labute approximate surface area is 125 Å². The zero-order valence-electron chi connectivity index (χ0n) is 11.7. The Hall–Kier alpha value is -1.24. The molecule has 0 spiro atoms. The quantitative estimate of drug-likeness (QED) is 0.848. The van der Waals surface area contributed by atoms with Gasteiger partial charge in [0.2, 0.25) is 0 Å². The number of methoxy groups -OCH3 is 1. The van der Waals surface area contributed by atoms with Gasteiger partial charge in [-0.25, -0.2) is 0 Å². The van der Waals surface area contributed by atoms with Crippen LogP contribution in [0.1, 0.15) is 50.2 Å². The van der Waals surface area contributed by atoms with Crippen LogP contribution in [-0.2, 0) is 0 Å². The Morgan fingerprint density at radius 2 is 1.95 bits per heavy atom. The number of aliphatic hydroxyl groups is 1. The summed E-state index contributed by atoms with van der Waals surface area (Å²) in [4.78, 5) is 0. The molecule has 1 N–H and O–H groups in total. The van der Waals surface area contributed by atoms with E-state index in [0.29, 0.717) is 29.2 Å². The maximum atomic E-state index is 10.8. The second-order valence-corrected chi connectivity index (χ2v) is 5.85. The molecule has 4 heteroatoms. The first-order valence-electron chi connectivity index (χ1n) is 7.06. The monoisotopic (exact) mass is 293 g/mol. The number of rotatable bonds is 3. The van der Waals surface area contributed by atoms with Crippen LogP contribution in [0.2, 0.25) is 5.02 Å². The first-order valence-corrected chi connectivity index (χ1v) is 7.44. The standard InChI is InChI=1S/C16H20ClNO2/c1-20-13-8-6-7-12(17)14(13)15(19)16(11-18)9-4-2-3-5-10-16/h6-8,15,19H,2-5,9-10H2,1H3. The van der Waals surface area contributed by atoms with E-state index in [0.717, 1.165) is 25.7 Å². The molecule has 0 radical (unpaired) electrons. The van der Waals surface area contributed by atoms with Gasteiger partial charge in [-0.1, -0.05) is 43.4 Å². The van der Waals surface area contributed by atoms with Gasteiger partial charge in [-0.2, -0.15) is 5.26 Å². The minimum Gasteiger partial charge on any atom is -0.496 e. The van der Waals surface area contributed by atoms with Gasteiger partial charge in [-0.3, -0.25) is 0 Å². The van der Waals surface area contributed by atoms with Crippen LogP contribution >= 0.6 is 11.6 Å². The molecule has 0 aliphatic heterocycles. The van der Waals surface area contributed by atoms with E-state index in [1.54, 1.807) is 25.3 Å². The third kappa shape index (κ3) is 2.77. The molecule has 0 heterocycles. The number of nitrogens with zero attached hydrogens (tertiary/aromatic N) is 1. The summed E-state index contributed by atoms with van der Waals surface area (Å²) < 4.78 is 5.31. The molecule has 1 unspecified atom stereocenters. The summed E-state index contributed by atoms with van der Waals surface area (Å²) in [5.41, 5.74) is -0.213. The fourth-order valence-electron chi connectivity index (χ4n) is 3.04. The molecule has 1 atom stereocenters. The number of halogens is 1. The molecular weight excluding hydrogens is 274 g/mol. The fourth-order valence-corrected chi connectivity index (χ4v) is 3.31. The number of benzene rings is 1. The normalized spacial score (nSPS) is 19.7. The van der Waals surface area contributed by atoms with Crippen LogP contribution in [0.3, 0.4) is 0 Å². The van der Waals surface area contributed by atoms with Crippen LogP contribution in [0.25, 0.3) is 0 Å². The van der Waals surface area contributed by atoms with Crippen molar-refractivity contribution < 1.29 is 9.84 Å². The first kappa shape index (κ1) is 15.2. The van der Waals surface area contributed by atoms with Gasteiger partial charge in [0.15, 0.2) is 0 Å². The Morgan fingerprint density at radius 3 is 2.50 bits per heavy atom. The van der Waals surface area contributed by atoms with Gasteiger partial charge in [0.1, 0.15) is 11.9 Å². The van der Waals surface area contributed by atoms with E-state index in [1.807, 2.05) is 0 Å². The molecule has 1 aromatic carbocycles. The van der Waals surface area contributed by atoms with Crippen molar-refractivity contribution in [3.05, 3.63) is 28.8 Å². The molecule has 1 saturated carbocycles. The zero-order valence-corrected chi connectivity index (χ0v) is 12.5. The van der Waals surface area contributed by atoms with Crippen molar-refractivity contribution in [2.24, 2.45) is 5.41 Å². The molecule has 1 aliphatic rings. The van der Waals surface area contributed by atoms with E-state index in [2.05, 4.69) is 6.07 Å². The van der Waals surface area contributed by atoms with Crippen LogP contribution in [0.4, 0.5) is 0 Å². The fraction of sp³-hybridized carbons (Fsp3) is 0.562. The number of nitriles is 1. The molecular formula is C16H20ClNO2. The lowest BCUT2D eigenvalue weighted by atomic mass is 9.74. The van der Waals surface area contributed by atoms with Gasteiger partial charge >= 0.3 is 0 Å². The lowest BCUT2D eigenvalue weighted by Crippen LogP contribution is -2.27. The average Bonchev–Trinajstić information content (AvgIpc) is 2.72. The molecule has 1 aliphatic carbocycles. The van der Waals surface area contributed by atoms with Crippen LogP contribution in [-0.4, -0.2) is 12.2 Å². The highest BCUT2D eigenvalue weighted by Crippen LogP contribution is 2.48. The minimum atomic E-state index is -0.908. The Bertz CT molecular complexity index is 502. The molecule has 1 fully saturated rings. The van der Waals surface area contributed by atoms with Gasteiger partial charge in [0.25, 0.3) is 0 Å². The third-order valence-electron chi connectivity index (χ3n) is 4.25. The van der Waals surface area contributed by atoms with E-state index in [9.17, 15) is 10.4 Å². The lowest BCUT2D eigenvalue weighted by molar-refractivity contribution is 0.0497.